The van der Waals surface area contributed by atoms with Crippen molar-refractivity contribution in [3.8, 4) is 11.1 Å². The second-order valence-electron chi connectivity index (χ2n) is 7.40. The maximum absolute atomic E-state index is 3.55. The Morgan fingerprint density at radius 3 is 1.17 bits per heavy atom. The molecule has 0 saturated carbocycles. The molecule has 0 atom stereocenters. The predicted molar refractivity (Wildman–Crippen MR) is 156 cm³/mol. The van der Waals surface area contributed by atoms with Gasteiger partial charge >= 0.3 is 0 Å². The van der Waals surface area contributed by atoms with Gasteiger partial charge in [-0.1, -0.05) is 103 Å². The van der Waals surface area contributed by atoms with Gasteiger partial charge in [-0.3, -0.25) is 0 Å². The third-order valence-corrected chi connectivity index (χ3v) is 5.67. The van der Waals surface area contributed by atoms with Crippen LogP contribution in [0.3, 0.4) is 0 Å². The summed E-state index contributed by atoms with van der Waals surface area (Å²) in [5, 5.41) is 0. The molecular weight excluding hydrogens is 509 g/mol. The zero-order valence-electron chi connectivity index (χ0n) is 24.2. The maximum Gasteiger partial charge on any atom is 0.0266 e. The van der Waals surface area contributed by atoms with Crippen LogP contribution in [0.2, 0.25) is 0 Å². The molecule has 0 fully saturated rings. The second kappa shape index (κ2) is 17.4. The van der Waals surface area contributed by atoms with Crippen molar-refractivity contribution in [3.05, 3.63) is 130 Å². The van der Waals surface area contributed by atoms with Crippen LogP contribution in [0, 0.1) is 26.0 Å². The summed E-state index contributed by atoms with van der Waals surface area (Å²) >= 11 is 0. The molecule has 0 heterocycles. The van der Waals surface area contributed by atoms with Gasteiger partial charge in [0.05, 0.1) is 0 Å². The number of hydrogen-bond donors (Lipinski definition) is 0. The summed E-state index contributed by atoms with van der Waals surface area (Å²) in [4.78, 5) is 0. The maximum atomic E-state index is 3.55. The van der Waals surface area contributed by atoms with E-state index in [1.165, 1.54) is 44.5 Å². The third kappa shape index (κ3) is 6.64. The summed E-state index contributed by atoms with van der Waals surface area (Å²) in [6.45, 7) is 20.3. The van der Waals surface area contributed by atoms with Gasteiger partial charge in [-0.15, -0.1) is 11.1 Å². The van der Waals surface area contributed by atoms with Gasteiger partial charge in [-0.05, 0) is 36.1 Å². The van der Waals surface area contributed by atoms with Crippen LogP contribution in [-0.4, -0.2) is 0 Å². The summed E-state index contributed by atoms with van der Waals surface area (Å²) in [6, 6.07) is 37.5. The Labute approximate surface area is 247 Å². The first-order chi connectivity index (χ1) is 17.2. The van der Waals surface area contributed by atoms with Crippen molar-refractivity contribution in [2.75, 3.05) is 0 Å². The van der Waals surface area contributed by atoms with Crippen LogP contribution in [-0.2, 0) is 38.1 Å². The molecule has 1 heteroatoms. The fraction of sp³-hybridized carbons (Fsp3) is 0.314. The van der Waals surface area contributed by atoms with E-state index in [9.17, 15) is 0 Å². The molecular formula is C35H44Y-2. The van der Waals surface area contributed by atoms with E-state index >= 15 is 0 Å². The standard InChI is InChI=1S/C27H20.4C2H6.Y/c1-19-13-15-23-24-16-14-20(2)18-26(24)27(25(23)17-19,21-9-5-3-6-10-21)22-11-7-4-8-12-22;4*1-2;/h3-9,11,13-18H,1-2H3;4*1-2H3;/q-2;;;;;. The van der Waals surface area contributed by atoms with Gasteiger partial charge in [0.25, 0.3) is 0 Å². The van der Waals surface area contributed by atoms with Gasteiger partial charge in [0.15, 0.2) is 0 Å². The van der Waals surface area contributed by atoms with Crippen LogP contribution in [0.25, 0.3) is 11.1 Å². The van der Waals surface area contributed by atoms with E-state index in [4.69, 9.17) is 0 Å². The zero-order valence-corrected chi connectivity index (χ0v) is 27.0. The van der Waals surface area contributed by atoms with Crippen molar-refractivity contribution in [3.63, 3.8) is 0 Å². The number of rotatable bonds is 2. The zero-order chi connectivity index (χ0) is 26.4. The number of hydrogen-bond acceptors (Lipinski definition) is 0. The van der Waals surface area contributed by atoms with E-state index < -0.39 is 0 Å². The topological polar surface area (TPSA) is 0 Å². The van der Waals surface area contributed by atoms with Gasteiger partial charge in [0.1, 0.15) is 0 Å². The summed E-state index contributed by atoms with van der Waals surface area (Å²) in [5.41, 5.74) is 9.78. The molecule has 1 aliphatic carbocycles. The van der Waals surface area contributed by atoms with Crippen molar-refractivity contribution < 1.29 is 32.7 Å². The molecule has 4 aromatic carbocycles. The minimum atomic E-state index is -0.384. The quantitative estimate of drug-likeness (QED) is 0.191. The molecule has 1 aliphatic rings. The largest absolute Gasteiger partial charge is 0.179 e. The van der Waals surface area contributed by atoms with Gasteiger partial charge < -0.3 is 0 Å². The first-order valence-corrected chi connectivity index (χ1v) is 13.4. The van der Waals surface area contributed by atoms with Crippen molar-refractivity contribution in [2.24, 2.45) is 0 Å². The normalized spacial score (nSPS) is 11.1. The molecule has 0 aromatic heterocycles. The van der Waals surface area contributed by atoms with E-state index in [0.29, 0.717) is 0 Å². The van der Waals surface area contributed by atoms with Crippen molar-refractivity contribution in [1.29, 1.82) is 0 Å². The first kappa shape index (κ1) is 34.0. The van der Waals surface area contributed by atoms with Gasteiger partial charge in [0.2, 0.25) is 0 Å². The van der Waals surface area contributed by atoms with Crippen LogP contribution in [0.4, 0.5) is 0 Å². The molecule has 0 N–H and O–H groups in total. The number of aryl methyl sites for hydroxylation is 2. The monoisotopic (exact) mass is 553 g/mol. The van der Waals surface area contributed by atoms with E-state index in [1.54, 1.807) is 0 Å². The molecule has 0 bridgehead atoms. The average molecular weight is 554 g/mol. The SMILES string of the molecule is CC.CC.CC.CC.Cc1ccc2c(c1)C(c1[c-]cccc1)(c1[c-]cccc1)c1cc(C)ccc1-2.[Y]. The van der Waals surface area contributed by atoms with Crippen LogP contribution >= 0.6 is 0 Å². The van der Waals surface area contributed by atoms with E-state index in [2.05, 4.69) is 86.6 Å². The van der Waals surface area contributed by atoms with E-state index in [-0.39, 0.29) is 38.1 Å². The molecule has 189 valence electrons. The predicted octanol–water partition coefficient (Wildman–Crippen LogP) is 10.4. The fourth-order valence-corrected chi connectivity index (χ4v) is 4.53. The average Bonchev–Trinajstić information content (AvgIpc) is 3.23. The molecule has 1 radical (unpaired) electrons. The Bertz CT molecular complexity index is 1030. The van der Waals surface area contributed by atoms with Gasteiger partial charge in [-0.25, -0.2) is 0 Å². The molecule has 0 spiro atoms. The summed E-state index contributed by atoms with van der Waals surface area (Å²) in [5.74, 6) is 0. The first-order valence-electron chi connectivity index (χ1n) is 13.4. The van der Waals surface area contributed by atoms with Crippen molar-refractivity contribution in [2.45, 2.75) is 74.7 Å². The number of fused-ring (bicyclic) bond motifs is 3. The van der Waals surface area contributed by atoms with Crippen LogP contribution in [0.5, 0.6) is 0 Å². The number of benzene rings is 4. The smallest absolute Gasteiger partial charge is 0.0266 e. The Morgan fingerprint density at radius 2 is 0.861 bits per heavy atom. The molecule has 4 aromatic rings. The molecule has 0 aliphatic heterocycles. The minimum Gasteiger partial charge on any atom is -0.179 e. The summed E-state index contributed by atoms with van der Waals surface area (Å²) in [7, 11) is 0. The Kier molecular flexibility index (Phi) is 16.5. The fourth-order valence-electron chi connectivity index (χ4n) is 4.53. The summed E-state index contributed by atoms with van der Waals surface area (Å²) < 4.78 is 0. The molecule has 5 rings (SSSR count). The van der Waals surface area contributed by atoms with Crippen LogP contribution in [0.1, 0.15) is 88.8 Å². The van der Waals surface area contributed by atoms with Gasteiger partial charge in [0, 0.05) is 38.1 Å². The van der Waals surface area contributed by atoms with E-state index in [1.807, 2.05) is 79.7 Å². The van der Waals surface area contributed by atoms with Crippen LogP contribution < -0.4 is 0 Å². The summed E-state index contributed by atoms with van der Waals surface area (Å²) in [6.07, 6.45) is 0. The molecule has 0 saturated heterocycles. The molecule has 36 heavy (non-hydrogen) atoms. The van der Waals surface area contributed by atoms with Crippen molar-refractivity contribution in [1.82, 2.24) is 0 Å². The minimum absolute atomic E-state index is 0. The van der Waals surface area contributed by atoms with Crippen LogP contribution in [0.15, 0.2) is 84.9 Å². The Hall–Kier alpha value is -2.02. The third-order valence-electron chi connectivity index (χ3n) is 5.67. The van der Waals surface area contributed by atoms with Crippen molar-refractivity contribution >= 4 is 0 Å². The Balaban J connectivity index is 0.00000125. The molecule has 0 unspecified atom stereocenters. The molecule has 0 amide bonds. The second-order valence-corrected chi connectivity index (χ2v) is 7.40. The van der Waals surface area contributed by atoms with E-state index in [0.717, 1.165) is 0 Å². The Morgan fingerprint density at radius 1 is 0.500 bits per heavy atom. The van der Waals surface area contributed by atoms with Gasteiger partial charge in [-0.2, -0.15) is 60.7 Å². The molecule has 0 nitrogen and oxygen atoms in total.